The van der Waals surface area contributed by atoms with Gasteiger partial charge in [-0.05, 0) is 37.5 Å². The molecular weight excluding hydrogens is 274 g/mol. The van der Waals surface area contributed by atoms with Crippen LogP contribution in [0.4, 0.5) is 0 Å². The first-order valence-electron chi connectivity index (χ1n) is 7.07. The standard InChI is InChI=1S/C15H22ClN3O/c1-11(12-2-4-13(16)5-3-12)18-15(20)10-19-8-6-14(17)7-9-19/h2-5,11,14H,6-10,17H2,1H3,(H,18,20). The molecule has 5 heteroatoms. The summed E-state index contributed by atoms with van der Waals surface area (Å²) in [6.45, 7) is 4.24. The number of hydrogen-bond acceptors (Lipinski definition) is 3. The van der Waals surface area contributed by atoms with E-state index in [1.165, 1.54) is 0 Å². The van der Waals surface area contributed by atoms with E-state index < -0.39 is 0 Å². The van der Waals surface area contributed by atoms with Gasteiger partial charge in [-0.25, -0.2) is 0 Å². The minimum atomic E-state index is -0.00758. The van der Waals surface area contributed by atoms with E-state index in [4.69, 9.17) is 17.3 Å². The predicted molar refractivity (Wildman–Crippen MR) is 81.7 cm³/mol. The Morgan fingerprint density at radius 2 is 2.00 bits per heavy atom. The maximum absolute atomic E-state index is 12.0. The third-order valence-corrected chi connectivity index (χ3v) is 4.00. The van der Waals surface area contributed by atoms with Gasteiger partial charge in [0.15, 0.2) is 0 Å². The monoisotopic (exact) mass is 295 g/mol. The van der Waals surface area contributed by atoms with Crippen molar-refractivity contribution in [3.63, 3.8) is 0 Å². The molecule has 1 aromatic rings. The molecule has 3 N–H and O–H groups in total. The summed E-state index contributed by atoms with van der Waals surface area (Å²) < 4.78 is 0. The van der Waals surface area contributed by atoms with Gasteiger partial charge < -0.3 is 11.1 Å². The molecule has 0 radical (unpaired) electrons. The first-order valence-corrected chi connectivity index (χ1v) is 7.45. The third kappa shape index (κ3) is 4.47. The van der Waals surface area contributed by atoms with Gasteiger partial charge in [0.05, 0.1) is 12.6 Å². The second-order valence-electron chi connectivity index (χ2n) is 5.45. The van der Waals surface area contributed by atoms with Gasteiger partial charge in [0.25, 0.3) is 0 Å². The van der Waals surface area contributed by atoms with Crippen LogP contribution in [0, 0.1) is 0 Å². The van der Waals surface area contributed by atoms with Crippen molar-refractivity contribution < 1.29 is 4.79 Å². The normalized spacial score (nSPS) is 18.8. The number of nitrogens with zero attached hydrogens (tertiary/aromatic N) is 1. The highest BCUT2D eigenvalue weighted by atomic mass is 35.5. The Kier molecular flexibility index (Phi) is 5.40. The number of halogens is 1. The van der Waals surface area contributed by atoms with E-state index in [0.29, 0.717) is 17.6 Å². The number of hydrogen-bond donors (Lipinski definition) is 2. The lowest BCUT2D eigenvalue weighted by molar-refractivity contribution is -0.123. The molecule has 1 fully saturated rings. The van der Waals surface area contributed by atoms with Gasteiger partial charge in [0, 0.05) is 24.2 Å². The minimum Gasteiger partial charge on any atom is -0.348 e. The fourth-order valence-electron chi connectivity index (χ4n) is 2.44. The number of carbonyl (C=O) groups is 1. The molecule has 1 amide bonds. The molecule has 1 aliphatic rings. The Bertz CT molecular complexity index is 441. The molecule has 1 heterocycles. The van der Waals surface area contributed by atoms with Crippen molar-refractivity contribution >= 4 is 17.5 Å². The number of likely N-dealkylation sites (tertiary alicyclic amines) is 1. The van der Waals surface area contributed by atoms with E-state index in [9.17, 15) is 4.79 Å². The maximum atomic E-state index is 12.0. The molecule has 20 heavy (non-hydrogen) atoms. The number of rotatable bonds is 4. The number of piperidine rings is 1. The first-order chi connectivity index (χ1) is 9.54. The second-order valence-corrected chi connectivity index (χ2v) is 5.89. The zero-order chi connectivity index (χ0) is 14.5. The average molecular weight is 296 g/mol. The van der Waals surface area contributed by atoms with Crippen LogP contribution in [0.2, 0.25) is 5.02 Å². The summed E-state index contributed by atoms with van der Waals surface area (Å²) >= 11 is 5.86. The van der Waals surface area contributed by atoms with Gasteiger partial charge in [0.1, 0.15) is 0 Å². The smallest absolute Gasteiger partial charge is 0.234 e. The van der Waals surface area contributed by atoms with Crippen LogP contribution >= 0.6 is 11.6 Å². The summed E-state index contributed by atoms with van der Waals surface area (Å²) in [7, 11) is 0. The third-order valence-electron chi connectivity index (χ3n) is 3.75. The summed E-state index contributed by atoms with van der Waals surface area (Å²) in [6.07, 6.45) is 1.94. The van der Waals surface area contributed by atoms with Gasteiger partial charge >= 0.3 is 0 Å². The van der Waals surface area contributed by atoms with Crippen molar-refractivity contribution in [2.24, 2.45) is 5.73 Å². The molecule has 1 aromatic carbocycles. The molecule has 1 unspecified atom stereocenters. The zero-order valence-electron chi connectivity index (χ0n) is 11.8. The predicted octanol–water partition coefficient (Wildman–Crippen LogP) is 1.94. The van der Waals surface area contributed by atoms with Crippen LogP contribution in [-0.2, 0) is 4.79 Å². The van der Waals surface area contributed by atoms with Crippen molar-refractivity contribution in [1.29, 1.82) is 0 Å². The Morgan fingerprint density at radius 1 is 1.40 bits per heavy atom. The van der Waals surface area contributed by atoms with Crippen molar-refractivity contribution in [1.82, 2.24) is 10.2 Å². The highest BCUT2D eigenvalue weighted by Crippen LogP contribution is 2.16. The molecule has 110 valence electrons. The van der Waals surface area contributed by atoms with Crippen molar-refractivity contribution in [2.75, 3.05) is 19.6 Å². The van der Waals surface area contributed by atoms with E-state index >= 15 is 0 Å². The van der Waals surface area contributed by atoms with Crippen LogP contribution < -0.4 is 11.1 Å². The largest absolute Gasteiger partial charge is 0.348 e. The average Bonchev–Trinajstić information content (AvgIpc) is 2.42. The van der Waals surface area contributed by atoms with E-state index in [2.05, 4.69) is 10.2 Å². The fourth-order valence-corrected chi connectivity index (χ4v) is 2.56. The molecule has 0 saturated carbocycles. The number of carbonyl (C=O) groups excluding carboxylic acids is 1. The van der Waals surface area contributed by atoms with Gasteiger partial charge in [0.2, 0.25) is 5.91 Å². The molecular formula is C15H22ClN3O. The Hall–Kier alpha value is -1.10. The van der Waals surface area contributed by atoms with Crippen LogP contribution in [-0.4, -0.2) is 36.5 Å². The Balaban J connectivity index is 1.80. The highest BCUT2D eigenvalue weighted by Gasteiger charge is 2.19. The molecule has 4 nitrogen and oxygen atoms in total. The van der Waals surface area contributed by atoms with Gasteiger partial charge in [-0.2, -0.15) is 0 Å². The molecule has 0 spiro atoms. The van der Waals surface area contributed by atoms with Crippen LogP contribution in [0.3, 0.4) is 0 Å². The van der Waals surface area contributed by atoms with Gasteiger partial charge in [-0.3, -0.25) is 9.69 Å². The van der Waals surface area contributed by atoms with E-state index in [1.807, 2.05) is 31.2 Å². The van der Waals surface area contributed by atoms with Crippen LogP contribution in [0.1, 0.15) is 31.4 Å². The quantitative estimate of drug-likeness (QED) is 0.892. The number of benzene rings is 1. The summed E-state index contributed by atoms with van der Waals surface area (Å²) in [5, 5.41) is 3.72. The lowest BCUT2D eigenvalue weighted by atomic mass is 10.1. The number of amides is 1. The SMILES string of the molecule is CC(NC(=O)CN1CCC(N)CC1)c1ccc(Cl)cc1. The number of nitrogens with one attached hydrogen (secondary N) is 1. The van der Waals surface area contributed by atoms with Crippen LogP contribution in [0.15, 0.2) is 24.3 Å². The summed E-state index contributed by atoms with van der Waals surface area (Å²) in [6, 6.07) is 7.84. The Morgan fingerprint density at radius 3 is 2.60 bits per heavy atom. The summed E-state index contributed by atoms with van der Waals surface area (Å²) in [5.41, 5.74) is 6.92. The molecule has 1 saturated heterocycles. The van der Waals surface area contributed by atoms with Gasteiger partial charge in [-0.1, -0.05) is 23.7 Å². The molecule has 2 rings (SSSR count). The Labute approximate surface area is 125 Å². The fraction of sp³-hybridized carbons (Fsp3) is 0.533. The lowest BCUT2D eigenvalue weighted by Crippen LogP contribution is -2.44. The van der Waals surface area contributed by atoms with E-state index in [1.54, 1.807) is 0 Å². The number of nitrogens with two attached hydrogens (primary N) is 1. The van der Waals surface area contributed by atoms with Gasteiger partial charge in [-0.15, -0.1) is 0 Å². The summed E-state index contributed by atoms with van der Waals surface area (Å²) in [5.74, 6) is 0.0583. The second kappa shape index (κ2) is 7.07. The maximum Gasteiger partial charge on any atom is 0.234 e. The molecule has 0 aliphatic carbocycles. The summed E-state index contributed by atoms with van der Waals surface area (Å²) in [4.78, 5) is 14.2. The first kappa shape index (κ1) is 15.3. The molecule has 1 aliphatic heterocycles. The molecule has 1 atom stereocenters. The highest BCUT2D eigenvalue weighted by molar-refractivity contribution is 6.30. The van der Waals surface area contributed by atoms with Crippen LogP contribution in [0.5, 0.6) is 0 Å². The van der Waals surface area contributed by atoms with Crippen LogP contribution in [0.25, 0.3) is 0 Å². The zero-order valence-corrected chi connectivity index (χ0v) is 12.6. The topological polar surface area (TPSA) is 58.4 Å². The molecule has 0 bridgehead atoms. The van der Waals surface area contributed by atoms with E-state index in [0.717, 1.165) is 31.5 Å². The van der Waals surface area contributed by atoms with Crippen molar-refractivity contribution in [2.45, 2.75) is 31.8 Å². The van der Waals surface area contributed by atoms with Crippen molar-refractivity contribution in [3.05, 3.63) is 34.9 Å². The van der Waals surface area contributed by atoms with E-state index in [-0.39, 0.29) is 11.9 Å². The minimum absolute atomic E-state index is 0.00758. The lowest BCUT2D eigenvalue weighted by Gasteiger charge is -2.29. The molecule has 0 aromatic heterocycles. The van der Waals surface area contributed by atoms with Crippen molar-refractivity contribution in [3.8, 4) is 0 Å².